The van der Waals surface area contributed by atoms with Crippen LogP contribution in [0.2, 0.25) is 0 Å². The number of benzene rings is 3. The Labute approximate surface area is 172 Å². The first-order valence-corrected chi connectivity index (χ1v) is 10.5. The summed E-state index contributed by atoms with van der Waals surface area (Å²) in [5.74, 6) is 0.0538. The highest BCUT2D eigenvalue weighted by atomic mass is 16.1. The van der Waals surface area contributed by atoms with E-state index in [9.17, 15) is 4.79 Å². The molecule has 1 heterocycles. The fraction of sp³-hybridized carbons (Fsp3) is 0.269. The molecular weight excluding hydrogens is 356 g/mol. The Kier molecular flexibility index (Phi) is 4.69. The van der Waals surface area contributed by atoms with E-state index in [1.807, 2.05) is 31.2 Å². The Morgan fingerprint density at radius 3 is 2.00 bits per heavy atom. The number of hydrogen-bond acceptors (Lipinski definition) is 2. The molecule has 3 heteroatoms. The van der Waals surface area contributed by atoms with E-state index in [1.165, 1.54) is 22.3 Å². The highest BCUT2D eigenvalue weighted by Crippen LogP contribution is 2.46. The van der Waals surface area contributed by atoms with E-state index in [0.717, 1.165) is 37.1 Å². The van der Waals surface area contributed by atoms with Crippen LogP contribution in [-0.2, 0) is 0 Å². The fourth-order valence-corrected chi connectivity index (χ4v) is 4.92. The monoisotopic (exact) mass is 382 g/mol. The lowest BCUT2D eigenvalue weighted by molar-refractivity contribution is 0.0901. The first-order chi connectivity index (χ1) is 14.2. The number of hydrogen-bond donors (Lipinski definition) is 1. The maximum absolute atomic E-state index is 12.7. The second-order valence-corrected chi connectivity index (χ2v) is 8.18. The SMILES string of the molecule is Cc1ccccc1C(=O)NC1CCN(C2c3ccccc3-c3ccccc32)CC1. The number of piperidine rings is 1. The molecule has 0 spiro atoms. The van der Waals surface area contributed by atoms with Gasteiger partial charge in [0.1, 0.15) is 0 Å². The van der Waals surface area contributed by atoms with Gasteiger partial charge in [-0.3, -0.25) is 9.69 Å². The summed E-state index contributed by atoms with van der Waals surface area (Å²) in [7, 11) is 0. The largest absolute Gasteiger partial charge is 0.349 e. The van der Waals surface area contributed by atoms with E-state index >= 15 is 0 Å². The second kappa shape index (κ2) is 7.49. The van der Waals surface area contributed by atoms with Crippen molar-refractivity contribution in [2.45, 2.75) is 31.8 Å². The number of aryl methyl sites for hydroxylation is 1. The molecule has 3 aromatic rings. The van der Waals surface area contributed by atoms with Crippen molar-refractivity contribution < 1.29 is 4.79 Å². The molecule has 0 unspecified atom stereocenters. The zero-order valence-electron chi connectivity index (χ0n) is 16.8. The molecule has 0 saturated carbocycles. The maximum atomic E-state index is 12.7. The van der Waals surface area contributed by atoms with Gasteiger partial charge in [0.05, 0.1) is 6.04 Å². The smallest absolute Gasteiger partial charge is 0.251 e. The van der Waals surface area contributed by atoms with Gasteiger partial charge in [0.2, 0.25) is 0 Å². The van der Waals surface area contributed by atoms with Gasteiger partial charge < -0.3 is 5.32 Å². The molecule has 29 heavy (non-hydrogen) atoms. The highest BCUT2D eigenvalue weighted by Gasteiger charge is 2.34. The molecule has 0 aromatic heterocycles. The predicted octanol–water partition coefficient (Wildman–Crippen LogP) is 4.96. The Hall–Kier alpha value is -2.91. The number of likely N-dealkylation sites (tertiary alicyclic amines) is 1. The van der Waals surface area contributed by atoms with Gasteiger partial charge in [-0.2, -0.15) is 0 Å². The van der Waals surface area contributed by atoms with Crippen LogP contribution in [0.15, 0.2) is 72.8 Å². The van der Waals surface area contributed by atoms with Crippen LogP contribution >= 0.6 is 0 Å². The Morgan fingerprint density at radius 2 is 1.38 bits per heavy atom. The molecule has 3 nitrogen and oxygen atoms in total. The summed E-state index contributed by atoms with van der Waals surface area (Å²) >= 11 is 0. The number of carbonyl (C=O) groups excluding carboxylic acids is 1. The third kappa shape index (κ3) is 3.26. The molecule has 1 N–H and O–H groups in total. The molecular formula is C26H26N2O. The minimum atomic E-state index is 0.0538. The van der Waals surface area contributed by atoms with Crippen LogP contribution in [0.5, 0.6) is 0 Å². The van der Waals surface area contributed by atoms with Crippen LogP contribution in [0.4, 0.5) is 0 Å². The number of amides is 1. The minimum Gasteiger partial charge on any atom is -0.349 e. The summed E-state index contributed by atoms with van der Waals surface area (Å²) < 4.78 is 0. The Bertz CT molecular complexity index is 1000. The molecule has 3 aromatic carbocycles. The third-order valence-electron chi connectivity index (χ3n) is 6.42. The van der Waals surface area contributed by atoms with Gasteiger partial charge in [0.15, 0.2) is 0 Å². The van der Waals surface area contributed by atoms with Crippen molar-refractivity contribution in [2.24, 2.45) is 0 Å². The van der Waals surface area contributed by atoms with Gasteiger partial charge in [-0.25, -0.2) is 0 Å². The van der Waals surface area contributed by atoms with Crippen LogP contribution < -0.4 is 5.32 Å². The lowest BCUT2D eigenvalue weighted by Crippen LogP contribution is -2.45. The van der Waals surface area contributed by atoms with Gasteiger partial charge in [-0.1, -0.05) is 66.7 Å². The number of carbonyl (C=O) groups is 1. The standard InChI is InChI=1S/C26H26N2O/c1-18-8-2-3-9-20(18)26(29)27-19-14-16-28(17-15-19)25-23-12-6-4-10-21(23)22-11-5-7-13-24(22)25/h2-13,19,25H,14-17H2,1H3,(H,27,29). The molecule has 1 fully saturated rings. The number of rotatable bonds is 3. The number of fused-ring (bicyclic) bond motifs is 3. The predicted molar refractivity (Wildman–Crippen MR) is 117 cm³/mol. The normalized spacial score (nSPS) is 17.0. The van der Waals surface area contributed by atoms with Gasteiger partial charge >= 0.3 is 0 Å². The molecule has 5 rings (SSSR count). The molecule has 2 aliphatic rings. The van der Waals surface area contributed by atoms with E-state index < -0.39 is 0 Å². The molecule has 1 saturated heterocycles. The van der Waals surface area contributed by atoms with Crippen LogP contribution in [0.1, 0.15) is 45.9 Å². The van der Waals surface area contributed by atoms with E-state index in [2.05, 4.69) is 58.7 Å². The van der Waals surface area contributed by atoms with Crippen LogP contribution in [0.25, 0.3) is 11.1 Å². The lowest BCUT2D eigenvalue weighted by atomic mass is 9.97. The minimum absolute atomic E-state index is 0.0538. The van der Waals surface area contributed by atoms with Crippen molar-refractivity contribution in [1.82, 2.24) is 10.2 Å². The summed E-state index contributed by atoms with van der Waals surface area (Å²) in [5.41, 5.74) is 7.37. The highest BCUT2D eigenvalue weighted by molar-refractivity contribution is 5.95. The topological polar surface area (TPSA) is 32.3 Å². The molecule has 1 amide bonds. The zero-order valence-corrected chi connectivity index (χ0v) is 16.8. The Morgan fingerprint density at radius 1 is 0.828 bits per heavy atom. The van der Waals surface area contributed by atoms with Gasteiger partial charge in [-0.15, -0.1) is 0 Å². The average Bonchev–Trinajstić information content (AvgIpc) is 3.09. The first-order valence-electron chi connectivity index (χ1n) is 10.5. The summed E-state index contributed by atoms with van der Waals surface area (Å²) in [6, 6.07) is 25.9. The molecule has 0 atom stereocenters. The summed E-state index contributed by atoms with van der Waals surface area (Å²) in [4.78, 5) is 15.3. The van der Waals surface area contributed by atoms with E-state index in [1.54, 1.807) is 0 Å². The van der Waals surface area contributed by atoms with Crippen molar-refractivity contribution in [3.8, 4) is 11.1 Å². The van der Waals surface area contributed by atoms with Gasteiger partial charge in [0, 0.05) is 24.7 Å². The molecule has 146 valence electrons. The van der Waals surface area contributed by atoms with E-state index in [-0.39, 0.29) is 11.9 Å². The molecule has 0 bridgehead atoms. The fourth-order valence-electron chi connectivity index (χ4n) is 4.92. The van der Waals surface area contributed by atoms with Crippen LogP contribution in [-0.4, -0.2) is 29.9 Å². The first kappa shape index (κ1) is 18.1. The van der Waals surface area contributed by atoms with Crippen molar-refractivity contribution in [2.75, 3.05) is 13.1 Å². The molecule has 1 aliphatic heterocycles. The number of nitrogens with one attached hydrogen (secondary N) is 1. The quantitative estimate of drug-likeness (QED) is 0.694. The van der Waals surface area contributed by atoms with Crippen LogP contribution in [0.3, 0.4) is 0 Å². The summed E-state index contributed by atoms with van der Waals surface area (Å²) in [6.45, 7) is 3.98. The second-order valence-electron chi connectivity index (χ2n) is 8.18. The van der Waals surface area contributed by atoms with E-state index in [0.29, 0.717) is 6.04 Å². The maximum Gasteiger partial charge on any atom is 0.251 e. The summed E-state index contributed by atoms with van der Waals surface area (Å²) in [5, 5.41) is 3.26. The molecule has 0 radical (unpaired) electrons. The third-order valence-corrected chi connectivity index (χ3v) is 6.42. The van der Waals surface area contributed by atoms with Crippen LogP contribution in [0, 0.1) is 6.92 Å². The van der Waals surface area contributed by atoms with E-state index in [4.69, 9.17) is 0 Å². The lowest BCUT2D eigenvalue weighted by Gasteiger charge is -2.37. The van der Waals surface area contributed by atoms with Gasteiger partial charge in [0.25, 0.3) is 5.91 Å². The number of nitrogens with zero attached hydrogens (tertiary/aromatic N) is 1. The van der Waals surface area contributed by atoms with Crippen molar-refractivity contribution >= 4 is 5.91 Å². The molecule has 1 aliphatic carbocycles. The average molecular weight is 383 g/mol. The Balaban J connectivity index is 1.30. The summed E-state index contributed by atoms with van der Waals surface area (Å²) in [6.07, 6.45) is 1.97. The van der Waals surface area contributed by atoms with Crippen molar-refractivity contribution in [3.63, 3.8) is 0 Å². The van der Waals surface area contributed by atoms with Crippen molar-refractivity contribution in [3.05, 3.63) is 95.1 Å². The zero-order chi connectivity index (χ0) is 19.8. The van der Waals surface area contributed by atoms with Crippen molar-refractivity contribution in [1.29, 1.82) is 0 Å². The van der Waals surface area contributed by atoms with Gasteiger partial charge in [-0.05, 0) is 53.6 Å².